The Bertz CT molecular complexity index is 806. The van der Waals surface area contributed by atoms with E-state index in [1.54, 1.807) is 0 Å². The van der Waals surface area contributed by atoms with Gasteiger partial charge in [0.1, 0.15) is 5.75 Å². The van der Waals surface area contributed by atoms with Gasteiger partial charge in [0.15, 0.2) is 6.61 Å². The summed E-state index contributed by atoms with van der Waals surface area (Å²) >= 11 is 0. The Labute approximate surface area is 167 Å². The number of nitrogens with one attached hydrogen (secondary N) is 1. The molecule has 0 unspecified atom stereocenters. The first kappa shape index (κ1) is 20.4. The van der Waals surface area contributed by atoms with Crippen LogP contribution in [0.25, 0.3) is 0 Å². The van der Waals surface area contributed by atoms with Gasteiger partial charge in [0.25, 0.3) is 5.91 Å². The van der Waals surface area contributed by atoms with Crippen molar-refractivity contribution in [2.24, 2.45) is 0 Å². The number of carbonyl (C=O) groups excluding carboxylic acids is 1. The second-order valence-corrected chi connectivity index (χ2v) is 7.55. The number of carbonyl (C=O) groups is 1. The van der Waals surface area contributed by atoms with Crippen LogP contribution in [0.4, 0.5) is 0 Å². The molecule has 1 fully saturated rings. The highest BCUT2D eigenvalue weighted by molar-refractivity contribution is 5.77. The van der Waals surface area contributed by atoms with E-state index in [0.717, 1.165) is 43.1 Å². The van der Waals surface area contributed by atoms with Crippen LogP contribution in [0.1, 0.15) is 29.2 Å². The average molecular weight is 383 g/mol. The maximum atomic E-state index is 12.1. The molecule has 1 atom stereocenters. The normalized spacial score (nSPS) is 17.3. The molecule has 0 bridgehead atoms. The van der Waals surface area contributed by atoms with E-state index in [9.17, 15) is 4.79 Å². The van der Waals surface area contributed by atoms with Crippen molar-refractivity contribution in [2.45, 2.75) is 40.0 Å². The van der Waals surface area contributed by atoms with Gasteiger partial charge in [0, 0.05) is 26.2 Å². The summed E-state index contributed by atoms with van der Waals surface area (Å²) in [6.45, 7) is 10.3. The van der Waals surface area contributed by atoms with Gasteiger partial charge < -0.3 is 14.8 Å². The predicted octanol–water partition coefficient (Wildman–Crippen LogP) is 3.22. The molecule has 1 aliphatic rings. The van der Waals surface area contributed by atoms with Crippen LogP contribution in [0.3, 0.4) is 0 Å². The molecule has 1 N–H and O–H groups in total. The van der Waals surface area contributed by atoms with Crippen molar-refractivity contribution >= 4 is 5.91 Å². The van der Waals surface area contributed by atoms with Gasteiger partial charge in [-0.2, -0.15) is 0 Å². The third-order valence-corrected chi connectivity index (χ3v) is 5.06. The smallest absolute Gasteiger partial charge is 0.258 e. The van der Waals surface area contributed by atoms with Crippen molar-refractivity contribution in [3.63, 3.8) is 0 Å². The van der Waals surface area contributed by atoms with Crippen molar-refractivity contribution in [1.29, 1.82) is 0 Å². The molecule has 28 heavy (non-hydrogen) atoms. The molecule has 3 rings (SSSR count). The Hall–Kier alpha value is -2.37. The number of ether oxygens (including phenoxy) is 2. The fraction of sp³-hybridized carbons (Fsp3) is 0.435. The minimum atomic E-state index is -0.120. The summed E-state index contributed by atoms with van der Waals surface area (Å²) < 4.78 is 11.2. The Morgan fingerprint density at radius 3 is 2.79 bits per heavy atom. The average Bonchev–Trinajstić information content (AvgIpc) is 2.67. The van der Waals surface area contributed by atoms with Crippen molar-refractivity contribution in [3.05, 3.63) is 64.7 Å². The Morgan fingerprint density at radius 1 is 1.18 bits per heavy atom. The first-order valence-corrected chi connectivity index (χ1v) is 9.88. The monoisotopic (exact) mass is 382 g/mol. The number of morpholine rings is 1. The van der Waals surface area contributed by atoms with Gasteiger partial charge in [-0.1, -0.05) is 30.3 Å². The maximum Gasteiger partial charge on any atom is 0.258 e. The minimum Gasteiger partial charge on any atom is -0.484 e. The number of amides is 1. The lowest BCUT2D eigenvalue weighted by atomic mass is 10.1. The summed E-state index contributed by atoms with van der Waals surface area (Å²) in [6, 6.07) is 14.2. The van der Waals surface area contributed by atoms with Crippen LogP contribution in [0.5, 0.6) is 5.75 Å². The van der Waals surface area contributed by atoms with E-state index < -0.39 is 0 Å². The molecule has 1 amide bonds. The molecular weight excluding hydrogens is 352 g/mol. The number of benzene rings is 2. The molecule has 0 radical (unpaired) electrons. The quantitative estimate of drug-likeness (QED) is 0.799. The Kier molecular flexibility index (Phi) is 7.06. The van der Waals surface area contributed by atoms with Crippen LogP contribution < -0.4 is 10.1 Å². The molecule has 0 aromatic heterocycles. The standard InChI is InChI=1S/C23H30N2O3/c1-17-7-8-22(11-18(17)2)28-16-23(26)24-13-20-5-4-6-21(12-20)15-25-9-10-27-19(3)14-25/h4-8,11-12,19H,9-10,13-16H2,1-3H3,(H,24,26)/t19-/m0/s1. The van der Waals surface area contributed by atoms with Gasteiger partial charge in [-0.25, -0.2) is 0 Å². The lowest BCUT2D eigenvalue weighted by molar-refractivity contribution is -0.123. The van der Waals surface area contributed by atoms with Gasteiger partial charge in [-0.05, 0) is 55.2 Å². The molecular formula is C23H30N2O3. The second-order valence-electron chi connectivity index (χ2n) is 7.55. The van der Waals surface area contributed by atoms with E-state index in [4.69, 9.17) is 9.47 Å². The summed E-state index contributed by atoms with van der Waals surface area (Å²) in [5.74, 6) is 0.602. The summed E-state index contributed by atoms with van der Waals surface area (Å²) in [6.07, 6.45) is 0.286. The lowest BCUT2D eigenvalue weighted by Gasteiger charge is -2.31. The van der Waals surface area contributed by atoms with Crippen LogP contribution in [0, 0.1) is 13.8 Å². The van der Waals surface area contributed by atoms with Crippen molar-refractivity contribution in [1.82, 2.24) is 10.2 Å². The molecule has 2 aromatic carbocycles. The summed E-state index contributed by atoms with van der Waals surface area (Å²) in [5.41, 5.74) is 4.72. The highest BCUT2D eigenvalue weighted by atomic mass is 16.5. The van der Waals surface area contributed by atoms with Gasteiger partial charge in [0.05, 0.1) is 12.7 Å². The van der Waals surface area contributed by atoms with E-state index in [2.05, 4.69) is 36.2 Å². The van der Waals surface area contributed by atoms with E-state index in [0.29, 0.717) is 6.54 Å². The number of nitrogens with zero attached hydrogens (tertiary/aromatic N) is 1. The van der Waals surface area contributed by atoms with Gasteiger partial charge in [-0.15, -0.1) is 0 Å². The zero-order valence-electron chi connectivity index (χ0n) is 17.0. The maximum absolute atomic E-state index is 12.1. The number of rotatable bonds is 7. The largest absolute Gasteiger partial charge is 0.484 e. The van der Waals surface area contributed by atoms with Crippen molar-refractivity contribution in [3.8, 4) is 5.75 Å². The van der Waals surface area contributed by atoms with Crippen molar-refractivity contribution < 1.29 is 14.3 Å². The zero-order chi connectivity index (χ0) is 19.9. The number of hydrogen-bond donors (Lipinski definition) is 1. The lowest BCUT2D eigenvalue weighted by Crippen LogP contribution is -2.40. The number of hydrogen-bond acceptors (Lipinski definition) is 4. The van der Waals surface area contributed by atoms with Crippen LogP contribution in [-0.2, 0) is 22.6 Å². The highest BCUT2D eigenvalue weighted by Gasteiger charge is 2.16. The second kappa shape index (κ2) is 9.71. The van der Waals surface area contributed by atoms with Crippen LogP contribution in [0.2, 0.25) is 0 Å². The minimum absolute atomic E-state index is 0.0217. The van der Waals surface area contributed by atoms with Gasteiger partial charge in [-0.3, -0.25) is 9.69 Å². The fourth-order valence-electron chi connectivity index (χ4n) is 3.33. The molecule has 150 valence electrons. The zero-order valence-corrected chi connectivity index (χ0v) is 17.0. The highest BCUT2D eigenvalue weighted by Crippen LogP contribution is 2.16. The third kappa shape index (κ3) is 6.08. The Balaban J connectivity index is 1.46. The molecule has 0 aliphatic carbocycles. The first-order chi connectivity index (χ1) is 13.5. The summed E-state index contributed by atoms with van der Waals surface area (Å²) in [7, 11) is 0. The van der Waals surface area contributed by atoms with Crippen LogP contribution in [-0.4, -0.2) is 43.2 Å². The van der Waals surface area contributed by atoms with Gasteiger partial charge >= 0.3 is 0 Å². The molecule has 1 saturated heterocycles. The van der Waals surface area contributed by atoms with E-state index in [-0.39, 0.29) is 18.6 Å². The van der Waals surface area contributed by atoms with Crippen molar-refractivity contribution in [2.75, 3.05) is 26.3 Å². The van der Waals surface area contributed by atoms with E-state index >= 15 is 0 Å². The molecule has 5 heteroatoms. The van der Waals surface area contributed by atoms with Crippen LogP contribution in [0.15, 0.2) is 42.5 Å². The van der Waals surface area contributed by atoms with E-state index in [1.807, 2.05) is 37.3 Å². The topological polar surface area (TPSA) is 50.8 Å². The summed E-state index contributed by atoms with van der Waals surface area (Å²) in [4.78, 5) is 14.5. The van der Waals surface area contributed by atoms with Gasteiger partial charge in [0.2, 0.25) is 0 Å². The first-order valence-electron chi connectivity index (χ1n) is 9.88. The fourth-order valence-corrected chi connectivity index (χ4v) is 3.33. The summed E-state index contributed by atoms with van der Waals surface area (Å²) in [5, 5.41) is 2.94. The number of aryl methyl sites for hydroxylation is 2. The molecule has 5 nitrogen and oxygen atoms in total. The predicted molar refractivity (Wildman–Crippen MR) is 110 cm³/mol. The Morgan fingerprint density at radius 2 is 2.00 bits per heavy atom. The molecule has 0 saturated carbocycles. The third-order valence-electron chi connectivity index (χ3n) is 5.06. The van der Waals surface area contributed by atoms with E-state index in [1.165, 1.54) is 11.1 Å². The molecule has 0 spiro atoms. The molecule has 1 heterocycles. The SMILES string of the molecule is Cc1ccc(OCC(=O)NCc2cccc(CN3CCO[C@@H](C)C3)c2)cc1C. The molecule has 2 aromatic rings. The molecule has 1 aliphatic heterocycles. The van der Waals surface area contributed by atoms with Crippen LogP contribution >= 0.6 is 0 Å².